The lowest BCUT2D eigenvalue weighted by atomic mass is 10.1. The van der Waals surface area contributed by atoms with Crippen LogP contribution in [0.4, 0.5) is 0 Å². The van der Waals surface area contributed by atoms with Crippen molar-refractivity contribution in [1.82, 2.24) is 19.4 Å². The molecule has 0 saturated heterocycles. The summed E-state index contributed by atoms with van der Waals surface area (Å²) in [7, 11) is 0. The Kier molecular flexibility index (Phi) is 6.71. The van der Waals surface area contributed by atoms with Crippen molar-refractivity contribution in [3.05, 3.63) is 65.1 Å². The predicted molar refractivity (Wildman–Crippen MR) is 126 cm³/mol. The standard InChI is InChI=1S/C25H29ClN4O/c1-18(2)13-15-29(24(31)12-11-20-6-3-4-7-21(20)26)17-23-28-22-8-5-14-27-25(22)30(23)16-19-9-10-19/h3-8,11-12,14,18-19H,9-10,13,15-17H2,1-2H3. The lowest BCUT2D eigenvalue weighted by Gasteiger charge is -2.22. The van der Waals surface area contributed by atoms with Gasteiger partial charge in [-0.15, -0.1) is 0 Å². The van der Waals surface area contributed by atoms with E-state index in [-0.39, 0.29) is 5.91 Å². The summed E-state index contributed by atoms with van der Waals surface area (Å²) in [5.74, 6) is 2.08. The average Bonchev–Trinajstić information content (AvgIpc) is 3.51. The number of benzene rings is 1. The minimum absolute atomic E-state index is 0.0291. The fourth-order valence-corrected chi connectivity index (χ4v) is 3.80. The number of pyridine rings is 1. The summed E-state index contributed by atoms with van der Waals surface area (Å²) in [4.78, 5) is 24.4. The third-order valence-corrected chi connectivity index (χ3v) is 6.00. The van der Waals surface area contributed by atoms with Crippen LogP contribution in [0.2, 0.25) is 5.02 Å². The van der Waals surface area contributed by atoms with Crippen molar-refractivity contribution in [2.75, 3.05) is 6.54 Å². The van der Waals surface area contributed by atoms with Gasteiger partial charge < -0.3 is 9.47 Å². The van der Waals surface area contributed by atoms with E-state index < -0.39 is 0 Å². The van der Waals surface area contributed by atoms with E-state index >= 15 is 0 Å². The Bertz CT molecular complexity index is 1080. The lowest BCUT2D eigenvalue weighted by molar-refractivity contribution is -0.126. The summed E-state index contributed by atoms with van der Waals surface area (Å²) in [6.45, 7) is 6.43. The normalized spacial score (nSPS) is 14.1. The van der Waals surface area contributed by atoms with Crippen LogP contribution in [-0.4, -0.2) is 31.9 Å². The van der Waals surface area contributed by atoms with Crippen LogP contribution in [0.3, 0.4) is 0 Å². The second-order valence-corrected chi connectivity index (χ2v) is 9.13. The Morgan fingerprint density at radius 1 is 1.26 bits per heavy atom. The molecule has 1 aliphatic rings. The molecule has 0 unspecified atom stereocenters. The molecule has 1 aliphatic carbocycles. The van der Waals surface area contributed by atoms with Gasteiger partial charge in [0.15, 0.2) is 5.65 Å². The van der Waals surface area contributed by atoms with Crippen molar-refractivity contribution in [3.8, 4) is 0 Å². The molecular formula is C25H29ClN4O. The van der Waals surface area contributed by atoms with E-state index in [0.29, 0.717) is 29.9 Å². The molecule has 0 radical (unpaired) electrons. The van der Waals surface area contributed by atoms with Gasteiger partial charge in [-0.3, -0.25) is 4.79 Å². The summed E-state index contributed by atoms with van der Waals surface area (Å²) in [5.41, 5.74) is 2.64. The molecule has 5 nitrogen and oxygen atoms in total. The molecule has 0 bridgehead atoms. The fourth-order valence-electron chi connectivity index (χ4n) is 3.61. The molecule has 162 valence electrons. The summed E-state index contributed by atoms with van der Waals surface area (Å²) in [6.07, 6.45) is 8.67. The molecule has 0 N–H and O–H groups in total. The third kappa shape index (κ3) is 5.53. The Labute approximate surface area is 188 Å². The van der Waals surface area contributed by atoms with Gasteiger partial charge in [-0.2, -0.15) is 0 Å². The second-order valence-electron chi connectivity index (χ2n) is 8.73. The van der Waals surface area contributed by atoms with E-state index in [9.17, 15) is 4.79 Å². The SMILES string of the molecule is CC(C)CCN(Cc1nc2cccnc2n1CC1CC1)C(=O)C=Cc1ccccc1Cl. The number of aromatic nitrogens is 3. The van der Waals surface area contributed by atoms with E-state index in [1.807, 2.05) is 47.5 Å². The van der Waals surface area contributed by atoms with Gasteiger partial charge in [0.2, 0.25) is 5.91 Å². The molecule has 2 aromatic heterocycles. The van der Waals surface area contributed by atoms with Crippen LogP contribution in [0.15, 0.2) is 48.7 Å². The number of hydrogen-bond acceptors (Lipinski definition) is 3. The minimum Gasteiger partial charge on any atom is -0.332 e. The maximum absolute atomic E-state index is 13.1. The van der Waals surface area contributed by atoms with E-state index in [0.717, 1.165) is 35.5 Å². The molecular weight excluding hydrogens is 408 g/mol. The molecule has 2 heterocycles. The van der Waals surface area contributed by atoms with Crippen molar-refractivity contribution in [2.45, 2.75) is 46.2 Å². The van der Waals surface area contributed by atoms with Crippen LogP contribution in [0.5, 0.6) is 0 Å². The number of imidazole rings is 1. The number of rotatable bonds is 9. The first-order valence-corrected chi connectivity index (χ1v) is 11.4. The second kappa shape index (κ2) is 9.65. The topological polar surface area (TPSA) is 51.0 Å². The maximum Gasteiger partial charge on any atom is 0.246 e. The van der Waals surface area contributed by atoms with E-state index in [1.165, 1.54) is 12.8 Å². The molecule has 0 spiro atoms. The van der Waals surface area contributed by atoms with Crippen molar-refractivity contribution in [1.29, 1.82) is 0 Å². The van der Waals surface area contributed by atoms with E-state index in [4.69, 9.17) is 16.6 Å². The van der Waals surface area contributed by atoms with Crippen LogP contribution in [-0.2, 0) is 17.9 Å². The highest BCUT2D eigenvalue weighted by molar-refractivity contribution is 6.32. The molecule has 0 aliphatic heterocycles. The molecule has 3 aromatic rings. The average molecular weight is 437 g/mol. The number of carbonyl (C=O) groups excluding carboxylic acids is 1. The Morgan fingerprint density at radius 2 is 2.06 bits per heavy atom. The van der Waals surface area contributed by atoms with Gasteiger partial charge >= 0.3 is 0 Å². The monoisotopic (exact) mass is 436 g/mol. The molecule has 1 aromatic carbocycles. The highest BCUT2D eigenvalue weighted by Gasteiger charge is 2.25. The number of nitrogens with zero attached hydrogens (tertiary/aromatic N) is 4. The van der Waals surface area contributed by atoms with Crippen LogP contribution in [0.25, 0.3) is 17.2 Å². The number of carbonyl (C=O) groups is 1. The number of fused-ring (bicyclic) bond motifs is 1. The molecule has 1 amide bonds. The van der Waals surface area contributed by atoms with Crippen molar-refractivity contribution < 1.29 is 4.79 Å². The predicted octanol–water partition coefficient (Wildman–Crippen LogP) is 5.58. The zero-order valence-corrected chi connectivity index (χ0v) is 18.9. The Balaban J connectivity index is 1.59. The maximum atomic E-state index is 13.1. The smallest absolute Gasteiger partial charge is 0.246 e. The van der Waals surface area contributed by atoms with Crippen LogP contribution >= 0.6 is 11.6 Å². The van der Waals surface area contributed by atoms with Gasteiger partial charge in [0.05, 0.1) is 6.54 Å². The van der Waals surface area contributed by atoms with Crippen molar-refractivity contribution >= 4 is 34.7 Å². The molecule has 4 rings (SSSR count). The fraction of sp³-hybridized carbons (Fsp3) is 0.400. The molecule has 1 fully saturated rings. The number of hydrogen-bond donors (Lipinski definition) is 0. The zero-order valence-electron chi connectivity index (χ0n) is 18.2. The molecule has 6 heteroatoms. The van der Waals surface area contributed by atoms with E-state index in [2.05, 4.69) is 23.4 Å². The molecule has 0 atom stereocenters. The van der Waals surface area contributed by atoms with Crippen LogP contribution in [0.1, 0.15) is 44.5 Å². The number of amides is 1. The zero-order chi connectivity index (χ0) is 21.8. The van der Waals surface area contributed by atoms with Crippen LogP contribution in [0, 0.1) is 11.8 Å². The summed E-state index contributed by atoms with van der Waals surface area (Å²) < 4.78 is 2.21. The van der Waals surface area contributed by atoms with Gasteiger partial charge in [-0.05, 0) is 60.9 Å². The molecule has 31 heavy (non-hydrogen) atoms. The summed E-state index contributed by atoms with van der Waals surface area (Å²) in [5, 5.41) is 0.637. The summed E-state index contributed by atoms with van der Waals surface area (Å²) >= 11 is 6.24. The highest BCUT2D eigenvalue weighted by Crippen LogP contribution is 2.32. The van der Waals surface area contributed by atoms with Gasteiger partial charge in [-0.1, -0.05) is 43.6 Å². The summed E-state index contributed by atoms with van der Waals surface area (Å²) in [6, 6.07) is 11.4. The Morgan fingerprint density at radius 3 is 2.81 bits per heavy atom. The molecule has 1 saturated carbocycles. The van der Waals surface area contributed by atoms with Gasteiger partial charge in [0, 0.05) is 30.4 Å². The first-order valence-electron chi connectivity index (χ1n) is 11.0. The highest BCUT2D eigenvalue weighted by atomic mass is 35.5. The van der Waals surface area contributed by atoms with Gasteiger partial charge in [0.1, 0.15) is 11.3 Å². The van der Waals surface area contributed by atoms with Crippen LogP contribution < -0.4 is 0 Å². The first-order chi connectivity index (χ1) is 15.0. The third-order valence-electron chi connectivity index (χ3n) is 5.65. The lowest BCUT2D eigenvalue weighted by Crippen LogP contribution is -2.32. The quantitative estimate of drug-likeness (QED) is 0.411. The largest absolute Gasteiger partial charge is 0.332 e. The van der Waals surface area contributed by atoms with Gasteiger partial charge in [-0.25, -0.2) is 9.97 Å². The number of halogens is 1. The minimum atomic E-state index is -0.0291. The Hall–Kier alpha value is -2.66. The van der Waals surface area contributed by atoms with Crippen molar-refractivity contribution in [3.63, 3.8) is 0 Å². The first kappa shape index (κ1) is 21.6. The van der Waals surface area contributed by atoms with Crippen molar-refractivity contribution in [2.24, 2.45) is 11.8 Å². The van der Waals surface area contributed by atoms with E-state index in [1.54, 1.807) is 12.2 Å². The van der Waals surface area contributed by atoms with Gasteiger partial charge in [0.25, 0.3) is 0 Å².